The Labute approximate surface area is 187 Å². The van der Waals surface area contributed by atoms with E-state index in [0.29, 0.717) is 12.8 Å². The third-order valence-corrected chi connectivity index (χ3v) is 9.48. The number of sulfone groups is 1. The van der Waals surface area contributed by atoms with E-state index in [2.05, 4.69) is 10.1 Å². The van der Waals surface area contributed by atoms with Gasteiger partial charge in [0.1, 0.15) is 5.75 Å². The van der Waals surface area contributed by atoms with Crippen LogP contribution < -0.4 is 15.8 Å². The van der Waals surface area contributed by atoms with Crippen molar-refractivity contribution < 1.29 is 31.1 Å². The van der Waals surface area contributed by atoms with Crippen molar-refractivity contribution in [3.8, 4) is 5.75 Å². The largest absolute Gasteiger partial charge is 0.573 e. The highest BCUT2D eigenvalue weighted by Crippen LogP contribution is 2.44. The van der Waals surface area contributed by atoms with Gasteiger partial charge in [-0.2, -0.15) is 0 Å². The SMILES string of the molecule is CC(C)([C@H]1C[C@@H](NC(=O)CC2(N)CCCCC2)C1)S(=O)(=O)c1cccc(OC(F)(F)F)c1. The fourth-order valence-corrected chi connectivity index (χ4v) is 6.46. The zero-order valence-electron chi connectivity index (χ0n) is 18.4. The third kappa shape index (κ3) is 5.57. The van der Waals surface area contributed by atoms with E-state index in [9.17, 15) is 26.4 Å². The first kappa shape index (κ1) is 24.8. The normalized spacial score (nSPS) is 23.8. The van der Waals surface area contributed by atoms with Crippen LogP contribution in [0.5, 0.6) is 5.75 Å². The topological polar surface area (TPSA) is 98.5 Å². The minimum atomic E-state index is -4.91. The van der Waals surface area contributed by atoms with Crippen molar-refractivity contribution >= 4 is 15.7 Å². The minimum absolute atomic E-state index is 0.115. The summed E-state index contributed by atoms with van der Waals surface area (Å²) >= 11 is 0. The molecule has 2 fully saturated rings. The van der Waals surface area contributed by atoms with Crippen LogP contribution in [0.25, 0.3) is 0 Å². The standard InChI is InChI=1S/C22H31F3N2O4S/c1-20(2,32(29,30)18-8-6-7-17(13-18)31-22(23,24)25)15-11-16(12-15)27-19(28)14-21(26)9-4-3-5-10-21/h6-8,13,15-16H,3-5,9-12,14,26H2,1-2H3,(H,27,28)/t15-,16+. The molecule has 0 radical (unpaired) electrons. The molecule has 32 heavy (non-hydrogen) atoms. The lowest BCUT2D eigenvalue weighted by Gasteiger charge is -2.45. The van der Waals surface area contributed by atoms with Gasteiger partial charge in [0, 0.05) is 18.0 Å². The van der Waals surface area contributed by atoms with E-state index in [1.807, 2.05) is 0 Å². The number of alkyl halides is 3. The highest BCUT2D eigenvalue weighted by atomic mass is 32.2. The van der Waals surface area contributed by atoms with Crippen molar-refractivity contribution in [2.75, 3.05) is 0 Å². The number of benzene rings is 1. The Morgan fingerprint density at radius 3 is 2.41 bits per heavy atom. The van der Waals surface area contributed by atoms with Gasteiger partial charge in [-0.05, 0) is 63.6 Å². The van der Waals surface area contributed by atoms with E-state index in [0.717, 1.165) is 44.2 Å². The molecule has 2 saturated carbocycles. The van der Waals surface area contributed by atoms with Crippen LogP contribution in [0.1, 0.15) is 65.2 Å². The van der Waals surface area contributed by atoms with E-state index in [1.165, 1.54) is 12.1 Å². The number of nitrogens with two attached hydrogens (primary N) is 1. The lowest BCUT2D eigenvalue weighted by molar-refractivity contribution is -0.274. The van der Waals surface area contributed by atoms with Gasteiger partial charge in [0.15, 0.2) is 9.84 Å². The number of rotatable bonds is 7. The third-order valence-electron chi connectivity index (χ3n) is 6.89. The number of halogens is 3. The van der Waals surface area contributed by atoms with Gasteiger partial charge in [-0.1, -0.05) is 25.3 Å². The number of hydrogen-bond acceptors (Lipinski definition) is 5. The predicted octanol–water partition coefficient (Wildman–Crippen LogP) is 4.08. The first-order chi connectivity index (χ1) is 14.7. The van der Waals surface area contributed by atoms with Crippen molar-refractivity contribution in [1.82, 2.24) is 5.32 Å². The van der Waals surface area contributed by atoms with Gasteiger partial charge in [-0.3, -0.25) is 4.79 Å². The molecule has 1 aromatic rings. The average molecular weight is 477 g/mol. The van der Waals surface area contributed by atoms with Gasteiger partial charge in [0.25, 0.3) is 0 Å². The van der Waals surface area contributed by atoms with E-state index in [1.54, 1.807) is 13.8 Å². The van der Waals surface area contributed by atoms with E-state index >= 15 is 0 Å². The minimum Gasteiger partial charge on any atom is -0.406 e. The molecule has 2 aliphatic rings. The Hall–Kier alpha value is -1.81. The molecule has 0 bridgehead atoms. The van der Waals surface area contributed by atoms with Crippen LogP contribution in [0.15, 0.2) is 29.2 Å². The first-order valence-electron chi connectivity index (χ1n) is 10.9. The van der Waals surface area contributed by atoms with Crippen molar-refractivity contribution in [1.29, 1.82) is 0 Å². The van der Waals surface area contributed by atoms with Crippen LogP contribution in [-0.4, -0.2) is 37.0 Å². The Kier molecular flexibility index (Phi) is 6.87. The van der Waals surface area contributed by atoms with Crippen molar-refractivity contribution in [2.24, 2.45) is 11.7 Å². The number of nitrogens with one attached hydrogen (secondary N) is 1. The Morgan fingerprint density at radius 2 is 1.81 bits per heavy atom. The highest BCUT2D eigenvalue weighted by molar-refractivity contribution is 7.92. The zero-order chi connectivity index (χ0) is 23.8. The molecule has 1 aromatic carbocycles. The molecular formula is C22H31F3N2O4S. The highest BCUT2D eigenvalue weighted by Gasteiger charge is 2.49. The summed E-state index contributed by atoms with van der Waals surface area (Å²) in [5.74, 6) is -0.937. The lowest BCUT2D eigenvalue weighted by atomic mass is 9.73. The molecule has 0 heterocycles. The molecule has 3 N–H and O–H groups in total. The van der Waals surface area contributed by atoms with Gasteiger partial charge >= 0.3 is 6.36 Å². The molecule has 0 aromatic heterocycles. The lowest BCUT2D eigenvalue weighted by Crippen LogP contribution is -2.55. The number of carbonyl (C=O) groups excluding carboxylic acids is 1. The molecule has 0 spiro atoms. The van der Waals surface area contributed by atoms with Crippen LogP contribution >= 0.6 is 0 Å². The first-order valence-corrected chi connectivity index (χ1v) is 12.4. The Balaban J connectivity index is 1.60. The number of hydrogen-bond donors (Lipinski definition) is 2. The molecule has 1 amide bonds. The van der Waals surface area contributed by atoms with Gasteiger partial charge < -0.3 is 15.8 Å². The molecular weight excluding hydrogens is 445 g/mol. The molecule has 0 aliphatic heterocycles. The summed E-state index contributed by atoms with van der Waals surface area (Å²) in [6.45, 7) is 3.14. The Morgan fingerprint density at radius 1 is 1.19 bits per heavy atom. The van der Waals surface area contributed by atoms with E-state index in [-0.39, 0.29) is 29.2 Å². The molecule has 0 saturated heterocycles. The summed E-state index contributed by atoms with van der Waals surface area (Å²) in [5.41, 5.74) is 5.88. The maximum Gasteiger partial charge on any atom is 0.573 e. The molecule has 180 valence electrons. The summed E-state index contributed by atoms with van der Waals surface area (Å²) in [5, 5.41) is 2.96. The van der Waals surface area contributed by atoms with Gasteiger partial charge in [-0.15, -0.1) is 13.2 Å². The molecule has 0 unspecified atom stereocenters. The molecule has 0 atom stereocenters. The van der Waals surface area contributed by atoms with Crippen molar-refractivity contribution in [2.45, 2.75) is 92.8 Å². The second kappa shape index (κ2) is 8.85. The second-order valence-electron chi connectivity index (χ2n) is 9.66. The Bertz CT molecular complexity index is 935. The smallest absolute Gasteiger partial charge is 0.406 e. The van der Waals surface area contributed by atoms with E-state index in [4.69, 9.17) is 5.73 Å². The van der Waals surface area contributed by atoms with Gasteiger partial charge in [0.2, 0.25) is 5.91 Å². The molecule has 3 rings (SSSR count). The quantitative estimate of drug-likeness (QED) is 0.618. The van der Waals surface area contributed by atoms with Crippen LogP contribution in [0, 0.1) is 5.92 Å². The number of carbonyl (C=O) groups is 1. The monoisotopic (exact) mass is 476 g/mol. The van der Waals surface area contributed by atoms with E-state index < -0.39 is 32.2 Å². The molecule has 2 aliphatic carbocycles. The second-order valence-corrected chi connectivity index (χ2v) is 12.2. The van der Waals surface area contributed by atoms with Crippen molar-refractivity contribution in [3.05, 3.63) is 24.3 Å². The summed E-state index contributed by atoms with van der Waals surface area (Å²) in [6.07, 6.45) is 1.17. The summed E-state index contributed by atoms with van der Waals surface area (Å²) < 4.78 is 66.5. The maximum atomic E-state index is 13.2. The number of ether oxygens (including phenoxy) is 1. The predicted molar refractivity (Wildman–Crippen MR) is 114 cm³/mol. The summed E-state index contributed by atoms with van der Waals surface area (Å²) in [6, 6.07) is 4.32. The summed E-state index contributed by atoms with van der Waals surface area (Å²) in [7, 11) is -3.94. The fourth-order valence-electron chi connectivity index (χ4n) is 4.70. The summed E-state index contributed by atoms with van der Waals surface area (Å²) in [4.78, 5) is 12.2. The van der Waals surface area contributed by atoms with Gasteiger partial charge in [0.05, 0.1) is 9.64 Å². The zero-order valence-corrected chi connectivity index (χ0v) is 19.2. The van der Waals surface area contributed by atoms with Crippen LogP contribution in [0.2, 0.25) is 0 Å². The average Bonchev–Trinajstić information content (AvgIpc) is 2.63. The van der Waals surface area contributed by atoms with Crippen LogP contribution in [-0.2, 0) is 14.6 Å². The maximum absolute atomic E-state index is 13.2. The fraction of sp³-hybridized carbons (Fsp3) is 0.682. The molecule has 10 heteroatoms. The van der Waals surface area contributed by atoms with Crippen molar-refractivity contribution in [3.63, 3.8) is 0 Å². The van der Waals surface area contributed by atoms with Crippen LogP contribution in [0.3, 0.4) is 0 Å². The molecule has 6 nitrogen and oxygen atoms in total. The van der Waals surface area contributed by atoms with Crippen LogP contribution in [0.4, 0.5) is 13.2 Å². The number of amides is 1. The van der Waals surface area contributed by atoms with Gasteiger partial charge in [-0.25, -0.2) is 8.42 Å².